The van der Waals surface area contributed by atoms with Crippen LogP contribution in [0.1, 0.15) is 55.1 Å². The number of benzene rings is 2. The van der Waals surface area contributed by atoms with Crippen molar-refractivity contribution in [3.8, 4) is 5.69 Å². The molecular weight excluding hydrogens is 573 g/mol. The average molecular weight is 603 g/mol. The lowest BCUT2D eigenvalue weighted by molar-refractivity contribution is -0.137. The summed E-state index contributed by atoms with van der Waals surface area (Å²) < 4.78 is 40.9. The zero-order valence-corrected chi connectivity index (χ0v) is 24.0. The van der Waals surface area contributed by atoms with E-state index in [0.29, 0.717) is 35.3 Å². The van der Waals surface area contributed by atoms with Gasteiger partial charge >= 0.3 is 6.18 Å². The van der Waals surface area contributed by atoms with Crippen molar-refractivity contribution in [1.29, 1.82) is 0 Å². The molecule has 2 aromatic carbocycles. The van der Waals surface area contributed by atoms with Crippen molar-refractivity contribution in [3.63, 3.8) is 0 Å². The molecule has 13 heteroatoms. The minimum atomic E-state index is -4.57. The molecule has 0 atom stereocenters. The van der Waals surface area contributed by atoms with E-state index in [2.05, 4.69) is 20.8 Å². The fourth-order valence-electron chi connectivity index (χ4n) is 5.22. The largest absolute Gasteiger partial charge is 0.416 e. The van der Waals surface area contributed by atoms with Gasteiger partial charge in [0, 0.05) is 17.3 Å². The van der Waals surface area contributed by atoms with Gasteiger partial charge in [0.2, 0.25) is 5.91 Å². The van der Waals surface area contributed by atoms with Crippen molar-refractivity contribution in [2.75, 3.05) is 18.4 Å². The fourth-order valence-corrected chi connectivity index (χ4v) is 5.45. The van der Waals surface area contributed by atoms with Gasteiger partial charge < -0.3 is 20.3 Å². The molecule has 4 aromatic rings. The molecule has 42 heavy (non-hydrogen) atoms. The Morgan fingerprint density at radius 2 is 1.69 bits per heavy atom. The Kier molecular flexibility index (Phi) is 7.90. The van der Waals surface area contributed by atoms with Gasteiger partial charge in [-0.3, -0.25) is 9.59 Å². The van der Waals surface area contributed by atoms with Gasteiger partial charge in [0.1, 0.15) is 5.52 Å². The molecular formula is C29H30ClF3N6O3. The third kappa shape index (κ3) is 5.92. The van der Waals surface area contributed by atoms with Gasteiger partial charge in [0.15, 0.2) is 5.52 Å². The van der Waals surface area contributed by atoms with Crippen LogP contribution in [0.2, 0.25) is 5.02 Å². The molecule has 0 saturated carbocycles. The van der Waals surface area contributed by atoms with Crippen LogP contribution in [0.15, 0.2) is 47.3 Å². The summed E-state index contributed by atoms with van der Waals surface area (Å²) in [4.78, 5) is 28.3. The topological polar surface area (TPSA) is 114 Å². The maximum atomic E-state index is 13.7. The minimum Gasteiger partial charge on any atom is -0.386 e. The van der Waals surface area contributed by atoms with E-state index in [4.69, 9.17) is 11.6 Å². The van der Waals surface area contributed by atoms with E-state index < -0.39 is 23.2 Å². The SMILES string of the molecule is Cc1c(CC(=O)Nc2ccc(C(F)(F)F)cc2Cl)c2nn(-c3ccc(C(C)(C)O)cc3)nc2c(=O)n1C1CCNCC1. The highest BCUT2D eigenvalue weighted by Gasteiger charge is 2.31. The Morgan fingerprint density at radius 3 is 2.29 bits per heavy atom. The number of carbonyl (C=O) groups excluding carboxylic acids is 1. The normalized spacial score (nSPS) is 14.9. The molecule has 1 aliphatic rings. The van der Waals surface area contributed by atoms with Gasteiger partial charge in [-0.25, -0.2) is 0 Å². The average Bonchev–Trinajstić information content (AvgIpc) is 3.38. The highest BCUT2D eigenvalue weighted by molar-refractivity contribution is 6.33. The van der Waals surface area contributed by atoms with Crippen LogP contribution in [0, 0.1) is 6.92 Å². The van der Waals surface area contributed by atoms with Gasteiger partial charge in [-0.1, -0.05) is 23.7 Å². The van der Waals surface area contributed by atoms with E-state index in [1.807, 2.05) is 0 Å². The Hall–Kier alpha value is -3.74. The number of aromatic nitrogens is 4. The third-order valence-corrected chi connectivity index (χ3v) is 7.82. The molecule has 1 amide bonds. The van der Waals surface area contributed by atoms with Crippen LogP contribution in [-0.2, 0) is 23.0 Å². The zero-order chi connectivity index (χ0) is 30.4. The molecule has 5 rings (SSSR count). The number of rotatable bonds is 6. The van der Waals surface area contributed by atoms with Crippen LogP contribution < -0.4 is 16.2 Å². The van der Waals surface area contributed by atoms with E-state index >= 15 is 0 Å². The van der Waals surface area contributed by atoms with Crippen molar-refractivity contribution in [1.82, 2.24) is 24.9 Å². The predicted molar refractivity (Wildman–Crippen MR) is 153 cm³/mol. The Labute approximate surface area is 244 Å². The summed E-state index contributed by atoms with van der Waals surface area (Å²) in [7, 11) is 0. The molecule has 1 fully saturated rings. The number of alkyl halides is 3. The quantitative estimate of drug-likeness (QED) is 0.289. The number of fused-ring (bicyclic) bond motifs is 1. The molecule has 3 heterocycles. The minimum absolute atomic E-state index is 0.0331. The fraction of sp³-hybridized carbons (Fsp3) is 0.379. The number of aliphatic hydroxyl groups is 1. The molecule has 3 N–H and O–H groups in total. The summed E-state index contributed by atoms with van der Waals surface area (Å²) >= 11 is 6.06. The van der Waals surface area contributed by atoms with Crippen molar-refractivity contribution in [3.05, 3.63) is 80.2 Å². The molecule has 1 aliphatic heterocycles. The van der Waals surface area contributed by atoms with Crippen LogP contribution in [0.25, 0.3) is 16.7 Å². The maximum absolute atomic E-state index is 13.7. The highest BCUT2D eigenvalue weighted by atomic mass is 35.5. The maximum Gasteiger partial charge on any atom is 0.416 e. The number of halogens is 4. The number of amides is 1. The highest BCUT2D eigenvalue weighted by Crippen LogP contribution is 2.34. The van der Waals surface area contributed by atoms with E-state index in [9.17, 15) is 27.9 Å². The van der Waals surface area contributed by atoms with Gasteiger partial charge in [-0.05, 0) is 82.6 Å². The predicted octanol–water partition coefficient (Wildman–Crippen LogP) is 4.90. The number of hydrogen-bond donors (Lipinski definition) is 3. The number of piperidine rings is 1. The number of anilines is 1. The van der Waals surface area contributed by atoms with E-state index in [-0.39, 0.29) is 39.8 Å². The first-order chi connectivity index (χ1) is 19.7. The summed E-state index contributed by atoms with van der Waals surface area (Å²) in [6.07, 6.45) is -3.36. The first-order valence-electron chi connectivity index (χ1n) is 13.5. The number of carbonyl (C=O) groups is 1. The first kappa shape index (κ1) is 29.7. The lowest BCUT2D eigenvalue weighted by atomic mass is 9.98. The van der Waals surface area contributed by atoms with Gasteiger partial charge in [0.05, 0.1) is 34.0 Å². The molecule has 222 valence electrons. The van der Waals surface area contributed by atoms with Crippen molar-refractivity contribution in [2.45, 2.75) is 57.9 Å². The summed E-state index contributed by atoms with van der Waals surface area (Å²) in [6, 6.07) is 9.53. The number of nitrogens with one attached hydrogen (secondary N) is 2. The molecule has 0 bridgehead atoms. The number of hydrogen-bond acceptors (Lipinski definition) is 6. The van der Waals surface area contributed by atoms with Crippen LogP contribution in [0.4, 0.5) is 18.9 Å². The standard InChI is InChI=1S/C29H30ClF3N6O3/c1-16-21(15-24(40)35-23-9-6-18(14-22(23)30)29(31,32)33)25-26(27(41)38(16)19-10-12-34-13-11-19)37-39(36-25)20-7-4-17(5-8-20)28(2,3)42/h4-9,14,19,34,42H,10-13,15H2,1-3H3,(H,35,40). The van der Waals surface area contributed by atoms with Crippen LogP contribution >= 0.6 is 11.6 Å². The summed E-state index contributed by atoms with van der Waals surface area (Å²) in [5, 5.41) is 25.0. The van der Waals surface area contributed by atoms with Gasteiger partial charge in [-0.2, -0.15) is 18.0 Å². The van der Waals surface area contributed by atoms with Crippen LogP contribution in [0.5, 0.6) is 0 Å². The Morgan fingerprint density at radius 1 is 1.07 bits per heavy atom. The summed E-state index contributed by atoms with van der Waals surface area (Å²) in [5.74, 6) is -0.541. The molecule has 2 aromatic heterocycles. The molecule has 1 saturated heterocycles. The second-order valence-electron chi connectivity index (χ2n) is 10.9. The van der Waals surface area contributed by atoms with E-state index in [1.165, 1.54) is 4.80 Å². The molecule has 9 nitrogen and oxygen atoms in total. The van der Waals surface area contributed by atoms with E-state index in [1.54, 1.807) is 49.6 Å². The zero-order valence-electron chi connectivity index (χ0n) is 23.2. The molecule has 0 radical (unpaired) electrons. The second-order valence-corrected chi connectivity index (χ2v) is 11.3. The van der Waals surface area contributed by atoms with Crippen molar-refractivity contribution < 1.29 is 23.1 Å². The summed E-state index contributed by atoms with van der Waals surface area (Å²) in [6.45, 7) is 6.56. The van der Waals surface area contributed by atoms with Crippen LogP contribution in [-0.4, -0.2) is 43.7 Å². The third-order valence-electron chi connectivity index (χ3n) is 7.51. The number of pyridine rings is 1. The lowest BCUT2D eigenvalue weighted by Crippen LogP contribution is -2.36. The second kappa shape index (κ2) is 11.2. The smallest absolute Gasteiger partial charge is 0.386 e. The number of nitrogens with zero attached hydrogens (tertiary/aromatic N) is 4. The molecule has 0 aliphatic carbocycles. The Bertz CT molecular complexity index is 1700. The van der Waals surface area contributed by atoms with E-state index in [0.717, 1.165) is 31.3 Å². The lowest BCUT2D eigenvalue weighted by Gasteiger charge is -2.27. The van der Waals surface area contributed by atoms with Gasteiger partial charge in [-0.15, -0.1) is 10.2 Å². The summed E-state index contributed by atoms with van der Waals surface area (Å²) in [5.41, 5.74) is 0.378. The Balaban J connectivity index is 1.55. The van der Waals surface area contributed by atoms with Crippen LogP contribution in [0.3, 0.4) is 0 Å². The van der Waals surface area contributed by atoms with Crippen molar-refractivity contribution >= 4 is 34.2 Å². The molecule has 0 spiro atoms. The monoisotopic (exact) mass is 602 g/mol. The van der Waals surface area contributed by atoms with Gasteiger partial charge in [0.25, 0.3) is 5.56 Å². The molecule has 0 unspecified atom stereocenters. The van der Waals surface area contributed by atoms with Crippen molar-refractivity contribution in [2.24, 2.45) is 0 Å². The first-order valence-corrected chi connectivity index (χ1v) is 13.8.